The van der Waals surface area contributed by atoms with Gasteiger partial charge < -0.3 is 10.1 Å². The zero-order chi connectivity index (χ0) is 21.7. The molecule has 0 unspecified atom stereocenters. The number of anilines is 1. The number of methoxy groups -OCH3 is 1. The fourth-order valence-electron chi connectivity index (χ4n) is 2.58. The van der Waals surface area contributed by atoms with Gasteiger partial charge in [0.15, 0.2) is 5.13 Å². The highest BCUT2D eigenvalue weighted by Gasteiger charge is 2.15. The number of benzene rings is 1. The quantitative estimate of drug-likeness (QED) is 0.599. The Morgan fingerprint density at radius 2 is 2.20 bits per heavy atom. The van der Waals surface area contributed by atoms with Crippen LogP contribution < -0.4 is 10.6 Å². The Labute approximate surface area is 181 Å². The third-order valence-electron chi connectivity index (χ3n) is 4.00. The lowest BCUT2D eigenvalue weighted by molar-refractivity contribution is 0.0931. The summed E-state index contributed by atoms with van der Waals surface area (Å²) in [5.74, 6) is -0.358. The molecule has 0 bridgehead atoms. The maximum atomic E-state index is 12.4. The standard InChI is InChI=1S/C19H17ClN6O3S/c1-11(22-17(27)16-10-30-18(23-16)24-19(28)29-2)9-26-6-5-15(25-26)12-3-4-13(8-21)14(20)7-12/h3-7,10-11H,9H2,1-2H3,(H,22,27)(H,23,24,28)/t11-/m1/s1. The Morgan fingerprint density at radius 1 is 1.40 bits per heavy atom. The van der Waals surface area contributed by atoms with Gasteiger partial charge in [-0.05, 0) is 25.1 Å². The van der Waals surface area contributed by atoms with Crippen molar-refractivity contribution in [3.8, 4) is 17.3 Å². The minimum Gasteiger partial charge on any atom is -0.453 e. The molecule has 30 heavy (non-hydrogen) atoms. The van der Waals surface area contributed by atoms with Gasteiger partial charge in [0, 0.05) is 23.2 Å². The SMILES string of the molecule is COC(=O)Nc1nc(C(=O)N[C@H](C)Cn2ccc(-c3ccc(C#N)c(Cl)c3)n2)cs1. The molecule has 1 atom stereocenters. The fourth-order valence-corrected chi connectivity index (χ4v) is 3.48. The number of thiazole rings is 1. The van der Waals surface area contributed by atoms with Crippen molar-refractivity contribution in [1.82, 2.24) is 20.1 Å². The monoisotopic (exact) mass is 444 g/mol. The van der Waals surface area contributed by atoms with E-state index in [9.17, 15) is 9.59 Å². The number of carbonyl (C=O) groups is 2. The van der Waals surface area contributed by atoms with Crippen molar-refractivity contribution in [2.75, 3.05) is 12.4 Å². The van der Waals surface area contributed by atoms with Crippen LogP contribution in [0.5, 0.6) is 0 Å². The van der Waals surface area contributed by atoms with E-state index in [2.05, 4.69) is 25.5 Å². The second kappa shape index (κ2) is 9.39. The first-order valence-electron chi connectivity index (χ1n) is 8.74. The predicted octanol–water partition coefficient (Wildman–Crippen LogP) is 3.53. The topological polar surface area (TPSA) is 122 Å². The lowest BCUT2D eigenvalue weighted by Gasteiger charge is -2.13. The van der Waals surface area contributed by atoms with Crippen LogP contribution >= 0.6 is 22.9 Å². The van der Waals surface area contributed by atoms with E-state index in [1.54, 1.807) is 34.5 Å². The minimum atomic E-state index is -0.650. The Balaban J connectivity index is 1.60. The lowest BCUT2D eigenvalue weighted by Crippen LogP contribution is -2.36. The van der Waals surface area contributed by atoms with Crippen LogP contribution in [0.1, 0.15) is 23.0 Å². The highest BCUT2D eigenvalue weighted by atomic mass is 35.5. The Hall–Kier alpha value is -3.42. The fraction of sp³-hybridized carbons (Fsp3) is 0.211. The van der Waals surface area contributed by atoms with E-state index >= 15 is 0 Å². The van der Waals surface area contributed by atoms with Crippen molar-refractivity contribution >= 4 is 40.1 Å². The normalized spacial score (nSPS) is 11.4. The lowest BCUT2D eigenvalue weighted by atomic mass is 10.1. The van der Waals surface area contributed by atoms with E-state index in [1.807, 2.05) is 19.1 Å². The van der Waals surface area contributed by atoms with Crippen LogP contribution in [0.15, 0.2) is 35.8 Å². The average molecular weight is 445 g/mol. The molecule has 3 aromatic rings. The summed E-state index contributed by atoms with van der Waals surface area (Å²) in [4.78, 5) is 27.6. The molecule has 154 valence electrons. The molecular formula is C19H17ClN6O3S. The van der Waals surface area contributed by atoms with Gasteiger partial charge >= 0.3 is 6.09 Å². The van der Waals surface area contributed by atoms with Gasteiger partial charge in [0.05, 0.1) is 29.9 Å². The zero-order valence-electron chi connectivity index (χ0n) is 16.0. The minimum absolute atomic E-state index is 0.201. The Morgan fingerprint density at radius 3 is 2.90 bits per heavy atom. The number of carbonyl (C=O) groups excluding carboxylic acids is 2. The first kappa shape index (κ1) is 21.3. The van der Waals surface area contributed by atoms with Gasteiger partial charge in [-0.15, -0.1) is 11.3 Å². The number of rotatable bonds is 6. The average Bonchev–Trinajstić information content (AvgIpc) is 3.37. The smallest absolute Gasteiger partial charge is 0.413 e. The third kappa shape index (κ3) is 5.14. The van der Waals surface area contributed by atoms with E-state index in [0.717, 1.165) is 16.9 Å². The number of hydrogen-bond acceptors (Lipinski definition) is 7. The maximum Gasteiger partial charge on any atom is 0.413 e. The van der Waals surface area contributed by atoms with E-state index in [1.165, 1.54) is 7.11 Å². The molecule has 0 spiro atoms. The van der Waals surface area contributed by atoms with Crippen molar-refractivity contribution < 1.29 is 14.3 Å². The molecule has 2 amide bonds. The summed E-state index contributed by atoms with van der Waals surface area (Å²) in [5.41, 5.74) is 2.11. The number of nitrogens with one attached hydrogen (secondary N) is 2. The van der Waals surface area contributed by atoms with Gasteiger partial charge in [0.1, 0.15) is 11.8 Å². The van der Waals surface area contributed by atoms with Gasteiger partial charge in [0.25, 0.3) is 5.91 Å². The molecule has 0 aliphatic carbocycles. The molecular weight excluding hydrogens is 428 g/mol. The summed E-state index contributed by atoms with van der Waals surface area (Å²) in [6.45, 7) is 2.28. The number of ether oxygens (including phenoxy) is 1. The third-order valence-corrected chi connectivity index (χ3v) is 5.07. The number of amides is 2. The molecule has 11 heteroatoms. The van der Waals surface area contributed by atoms with Crippen LogP contribution in [0.3, 0.4) is 0 Å². The second-order valence-electron chi connectivity index (χ2n) is 6.26. The summed E-state index contributed by atoms with van der Waals surface area (Å²) in [5, 5.41) is 20.9. The number of nitriles is 1. The van der Waals surface area contributed by atoms with E-state index in [-0.39, 0.29) is 22.8 Å². The van der Waals surface area contributed by atoms with Gasteiger partial charge in [-0.2, -0.15) is 10.4 Å². The van der Waals surface area contributed by atoms with Crippen molar-refractivity contribution in [2.45, 2.75) is 19.5 Å². The molecule has 0 fully saturated rings. The molecule has 1 aromatic carbocycles. The van der Waals surface area contributed by atoms with Crippen LogP contribution in [-0.2, 0) is 11.3 Å². The summed E-state index contributed by atoms with van der Waals surface area (Å²) >= 11 is 7.21. The van der Waals surface area contributed by atoms with Crippen molar-refractivity contribution in [3.63, 3.8) is 0 Å². The van der Waals surface area contributed by atoms with E-state index in [4.69, 9.17) is 16.9 Å². The predicted molar refractivity (Wildman–Crippen MR) is 112 cm³/mol. The first-order valence-corrected chi connectivity index (χ1v) is 10.00. The highest BCUT2D eigenvalue weighted by Crippen LogP contribution is 2.24. The van der Waals surface area contributed by atoms with Crippen molar-refractivity contribution in [1.29, 1.82) is 5.26 Å². The van der Waals surface area contributed by atoms with E-state index in [0.29, 0.717) is 22.8 Å². The number of halogens is 1. The Kier molecular flexibility index (Phi) is 6.66. The number of nitrogens with zero attached hydrogens (tertiary/aromatic N) is 4. The van der Waals surface area contributed by atoms with Crippen LogP contribution in [0.4, 0.5) is 9.93 Å². The van der Waals surface area contributed by atoms with Crippen molar-refractivity contribution in [2.24, 2.45) is 0 Å². The highest BCUT2D eigenvalue weighted by molar-refractivity contribution is 7.14. The largest absolute Gasteiger partial charge is 0.453 e. The molecule has 0 saturated carbocycles. The molecule has 2 heterocycles. The summed E-state index contributed by atoms with van der Waals surface area (Å²) in [6.07, 6.45) is 1.15. The van der Waals surface area contributed by atoms with Gasteiger partial charge in [-0.1, -0.05) is 17.7 Å². The van der Waals surface area contributed by atoms with E-state index < -0.39 is 6.09 Å². The first-order chi connectivity index (χ1) is 14.4. The molecule has 3 rings (SSSR count). The summed E-state index contributed by atoms with van der Waals surface area (Å²) in [6, 6.07) is 8.75. The van der Waals surface area contributed by atoms with Crippen molar-refractivity contribution in [3.05, 3.63) is 52.1 Å². The van der Waals surface area contributed by atoms with Gasteiger partial charge in [0.2, 0.25) is 0 Å². The zero-order valence-corrected chi connectivity index (χ0v) is 17.6. The van der Waals surface area contributed by atoms with Gasteiger partial charge in [-0.25, -0.2) is 9.78 Å². The summed E-state index contributed by atoms with van der Waals surface area (Å²) < 4.78 is 6.20. The van der Waals surface area contributed by atoms with Crippen LogP contribution in [0.25, 0.3) is 11.3 Å². The maximum absolute atomic E-state index is 12.4. The molecule has 0 aliphatic heterocycles. The van der Waals surface area contributed by atoms with Crippen LogP contribution in [-0.4, -0.2) is 39.9 Å². The molecule has 0 saturated heterocycles. The number of hydrogen-bond donors (Lipinski definition) is 2. The molecule has 9 nitrogen and oxygen atoms in total. The second-order valence-corrected chi connectivity index (χ2v) is 7.52. The van der Waals surface area contributed by atoms with Crippen LogP contribution in [0.2, 0.25) is 5.02 Å². The van der Waals surface area contributed by atoms with Gasteiger partial charge in [-0.3, -0.25) is 14.8 Å². The molecule has 2 N–H and O–H groups in total. The molecule has 2 aromatic heterocycles. The Bertz CT molecular complexity index is 1120. The number of aromatic nitrogens is 3. The van der Waals surface area contributed by atoms with Crippen LogP contribution in [0, 0.1) is 11.3 Å². The molecule has 0 aliphatic rings. The summed E-state index contributed by atoms with van der Waals surface area (Å²) in [7, 11) is 1.24. The molecule has 0 radical (unpaired) electrons.